The third-order valence-electron chi connectivity index (χ3n) is 6.89. The molecule has 0 saturated heterocycles. The number of fused-ring (bicyclic) bond motifs is 3. The number of anilines is 1. The van der Waals surface area contributed by atoms with Crippen LogP contribution >= 0.6 is 34.4 Å². The summed E-state index contributed by atoms with van der Waals surface area (Å²) in [5.74, 6) is 0. The molecule has 0 spiro atoms. The molecule has 3 heterocycles. The van der Waals surface area contributed by atoms with Gasteiger partial charge in [-0.25, -0.2) is 0 Å². The van der Waals surface area contributed by atoms with Crippen LogP contribution in [0.15, 0.2) is 101 Å². The topological polar surface area (TPSA) is 11.0 Å². The number of aryl methyl sites for hydroxylation is 2. The molecule has 198 valence electrons. The molecule has 2 aromatic heterocycles. The molecule has 1 aliphatic heterocycles. The maximum Gasteiger partial charge on any atom is 0.270 e. The minimum Gasteiger partial charge on any atom is -1.00 e. The molecule has 0 fully saturated rings. The SMILES string of the molecule is CCN1/C(=C/C=C(\C=C\c2sc3ccccc3[n+]2CC)c2sc3ccccc3[n+]2CC)Sc2ccccc21.[I-]. The van der Waals surface area contributed by atoms with Gasteiger partial charge in [-0.1, -0.05) is 70.8 Å². The van der Waals surface area contributed by atoms with Crippen molar-refractivity contribution in [2.24, 2.45) is 0 Å². The van der Waals surface area contributed by atoms with Crippen molar-refractivity contribution in [2.45, 2.75) is 38.8 Å². The number of thioether (sulfide) groups is 1. The van der Waals surface area contributed by atoms with Gasteiger partial charge in [-0.3, -0.25) is 0 Å². The molecule has 0 radical (unpaired) electrons. The van der Waals surface area contributed by atoms with E-state index in [1.807, 2.05) is 34.4 Å². The molecule has 0 saturated carbocycles. The molecule has 7 heteroatoms. The van der Waals surface area contributed by atoms with Gasteiger partial charge in [-0.2, -0.15) is 9.13 Å². The minimum atomic E-state index is 0. The van der Waals surface area contributed by atoms with Crippen LogP contribution in [0.4, 0.5) is 5.69 Å². The van der Waals surface area contributed by atoms with E-state index in [1.54, 1.807) is 0 Å². The third kappa shape index (κ3) is 5.34. The standard InChI is InChI=1S/C32H31N3S3.HI/c1-4-33-24-13-7-10-16-27(24)36-30(33)21-19-23(32-35(6-3)26-15-9-12-18-29(26)38-32)20-22-31-34(5-2)25-14-8-11-17-28(25)37-31;/h7-22H,4-6H2,1-3H3;1H/q+2;/p-1. The van der Waals surface area contributed by atoms with Gasteiger partial charge in [0.05, 0.1) is 16.3 Å². The molecule has 39 heavy (non-hydrogen) atoms. The lowest BCUT2D eigenvalue weighted by molar-refractivity contribution is -0.665. The molecule has 5 aromatic rings. The first-order chi connectivity index (χ1) is 18.7. The summed E-state index contributed by atoms with van der Waals surface area (Å²) in [6, 6.07) is 26.1. The van der Waals surface area contributed by atoms with Crippen LogP contribution in [-0.2, 0) is 13.1 Å². The summed E-state index contributed by atoms with van der Waals surface area (Å²) in [4.78, 5) is 3.74. The minimum absolute atomic E-state index is 0. The summed E-state index contributed by atoms with van der Waals surface area (Å²) in [6.07, 6.45) is 9.23. The van der Waals surface area contributed by atoms with Gasteiger partial charge < -0.3 is 28.9 Å². The number of hydrogen-bond acceptors (Lipinski definition) is 4. The molecule has 6 rings (SSSR count). The van der Waals surface area contributed by atoms with Crippen LogP contribution < -0.4 is 38.0 Å². The van der Waals surface area contributed by atoms with Crippen molar-refractivity contribution in [2.75, 3.05) is 11.4 Å². The lowest BCUT2D eigenvalue weighted by atomic mass is 10.2. The molecule has 0 unspecified atom stereocenters. The monoisotopic (exact) mass is 680 g/mol. The molecule has 0 aliphatic carbocycles. The van der Waals surface area contributed by atoms with Gasteiger partial charge in [0.25, 0.3) is 10.0 Å². The van der Waals surface area contributed by atoms with Gasteiger partial charge >= 0.3 is 0 Å². The Bertz CT molecular complexity index is 1730. The smallest absolute Gasteiger partial charge is 0.270 e. The molecule has 3 nitrogen and oxygen atoms in total. The van der Waals surface area contributed by atoms with Crippen molar-refractivity contribution >= 4 is 72.2 Å². The molecular weight excluding hydrogens is 649 g/mol. The van der Waals surface area contributed by atoms with E-state index >= 15 is 0 Å². The number of aromatic nitrogens is 2. The van der Waals surface area contributed by atoms with Crippen LogP contribution in [-0.4, -0.2) is 6.54 Å². The summed E-state index contributed by atoms with van der Waals surface area (Å²) >= 11 is 5.59. The Labute approximate surface area is 259 Å². The average Bonchev–Trinajstić information content (AvgIpc) is 3.63. The van der Waals surface area contributed by atoms with Crippen LogP contribution in [0, 0.1) is 0 Å². The van der Waals surface area contributed by atoms with Gasteiger partial charge in [0.15, 0.2) is 0 Å². The number of benzene rings is 3. The van der Waals surface area contributed by atoms with Gasteiger partial charge in [0, 0.05) is 29.6 Å². The molecule has 0 bridgehead atoms. The summed E-state index contributed by atoms with van der Waals surface area (Å²) < 4.78 is 7.50. The zero-order chi connectivity index (χ0) is 26.1. The van der Waals surface area contributed by atoms with Crippen LogP contribution in [0.25, 0.3) is 32.1 Å². The van der Waals surface area contributed by atoms with Gasteiger partial charge in [0.1, 0.15) is 22.5 Å². The van der Waals surface area contributed by atoms with Crippen molar-refractivity contribution < 1.29 is 33.1 Å². The Morgan fingerprint density at radius 1 is 0.795 bits per heavy atom. The number of para-hydroxylation sites is 3. The van der Waals surface area contributed by atoms with Crippen LogP contribution in [0.3, 0.4) is 0 Å². The summed E-state index contributed by atoms with van der Waals surface area (Å²) in [5, 5.41) is 3.83. The van der Waals surface area contributed by atoms with Crippen molar-refractivity contribution in [1.82, 2.24) is 0 Å². The van der Waals surface area contributed by atoms with E-state index in [-0.39, 0.29) is 24.0 Å². The van der Waals surface area contributed by atoms with E-state index < -0.39 is 0 Å². The third-order valence-corrected chi connectivity index (χ3v) is 10.4. The Kier molecular flexibility index (Phi) is 8.91. The maximum absolute atomic E-state index is 2.45. The quantitative estimate of drug-likeness (QED) is 0.131. The van der Waals surface area contributed by atoms with Crippen LogP contribution in [0.5, 0.6) is 0 Å². The van der Waals surface area contributed by atoms with Crippen molar-refractivity contribution in [3.8, 4) is 0 Å². The highest BCUT2D eigenvalue weighted by Gasteiger charge is 2.25. The van der Waals surface area contributed by atoms with E-state index in [0.29, 0.717) is 0 Å². The number of thiazole rings is 2. The highest BCUT2D eigenvalue weighted by atomic mass is 127. The fraction of sp³-hybridized carbons (Fsp3) is 0.188. The zero-order valence-corrected chi connectivity index (χ0v) is 26.9. The van der Waals surface area contributed by atoms with E-state index in [4.69, 9.17) is 0 Å². The van der Waals surface area contributed by atoms with Crippen molar-refractivity contribution in [3.63, 3.8) is 0 Å². The number of allylic oxidation sites excluding steroid dienone is 4. The zero-order valence-electron chi connectivity index (χ0n) is 22.3. The second-order valence-electron chi connectivity index (χ2n) is 9.05. The first-order valence-corrected chi connectivity index (χ1v) is 15.6. The second-order valence-corrected chi connectivity index (χ2v) is 12.2. The van der Waals surface area contributed by atoms with E-state index in [9.17, 15) is 0 Å². The second kappa shape index (κ2) is 12.4. The lowest BCUT2D eigenvalue weighted by Gasteiger charge is -2.17. The highest BCUT2D eigenvalue weighted by Crippen LogP contribution is 2.45. The fourth-order valence-corrected chi connectivity index (χ4v) is 8.58. The van der Waals surface area contributed by atoms with E-state index in [2.05, 4.69) is 132 Å². The van der Waals surface area contributed by atoms with Gasteiger partial charge in [-0.15, -0.1) is 0 Å². The molecule has 0 N–H and O–H groups in total. The predicted molar refractivity (Wildman–Crippen MR) is 166 cm³/mol. The summed E-state index contributed by atoms with van der Waals surface area (Å²) in [6.45, 7) is 9.52. The van der Waals surface area contributed by atoms with E-state index in [1.165, 1.54) is 51.6 Å². The molecule has 0 atom stereocenters. The average molecular weight is 681 g/mol. The first kappa shape index (κ1) is 28.1. The van der Waals surface area contributed by atoms with E-state index in [0.717, 1.165) is 19.6 Å². The Morgan fingerprint density at radius 2 is 1.44 bits per heavy atom. The van der Waals surface area contributed by atoms with Crippen LogP contribution in [0.2, 0.25) is 0 Å². The molecular formula is C32H31IN3S3+. The number of nitrogens with zero attached hydrogens (tertiary/aromatic N) is 3. The largest absolute Gasteiger partial charge is 1.00 e. The molecule has 1 aliphatic rings. The normalized spacial score (nSPS) is 14.6. The number of rotatable bonds is 7. The Morgan fingerprint density at radius 3 is 2.15 bits per heavy atom. The summed E-state index contributed by atoms with van der Waals surface area (Å²) in [5.41, 5.74) is 5.13. The van der Waals surface area contributed by atoms with Gasteiger partial charge in [0.2, 0.25) is 11.0 Å². The lowest BCUT2D eigenvalue weighted by Crippen LogP contribution is -3.00. The number of hydrogen-bond donors (Lipinski definition) is 0. The molecule has 3 aromatic carbocycles. The highest BCUT2D eigenvalue weighted by molar-refractivity contribution is 8.03. The number of halogens is 1. The summed E-state index contributed by atoms with van der Waals surface area (Å²) in [7, 11) is 0. The molecule has 0 amide bonds. The van der Waals surface area contributed by atoms with Crippen molar-refractivity contribution in [3.05, 3.63) is 106 Å². The Balaban J connectivity index is 0.00000308. The Hall–Kier alpha value is -2.46. The van der Waals surface area contributed by atoms with Crippen LogP contribution in [0.1, 0.15) is 30.8 Å². The first-order valence-electron chi connectivity index (χ1n) is 13.2. The van der Waals surface area contributed by atoms with Crippen molar-refractivity contribution in [1.29, 1.82) is 0 Å². The predicted octanol–water partition coefficient (Wildman–Crippen LogP) is 5.31. The maximum atomic E-state index is 2.45. The fourth-order valence-electron chi connectivity index (χ4n) is 5.09. The van der Waals surface area contributed by atoms with Gasteiger partial charge in [-0.05, 0) is 63.3 Å².